The van der Waals surface area contributed by atoms with Gasteiger partial charge in [0.05, 0.1) is 12.7 Å². The molecule has 1 heterocycles. The molecule has 3 N–H and O–H groups in total. The van der Waals surface area contributed by atoms with E-state index in [0.29, 0.717) is 18.7 Å². The van der Waals surface area contributed by atoms with Gasteiger partial charge in [-0.15, -0.1) is 24.0 Å². The van der Waals surface area contributed by atoms with Gasteiger partial charge in [0.25, 0.3) is 5.91 Å². The average Bonchev–Trinajstić information content (AvgIpc) is 3.21. The fraction of sp³-hybridized carbons (Fsp3) is 0.600. The Bertz CT molecular complexity index is 566. The lowest BCUT2D eigenvalue weighted by Crippen LogP contribution is -2.38. The molecule has 1 atom stereocenters. The average molecular weight is 504 g/mol. The van der Waals surface area contributed by atoms with E-state index >= 15 is 0 Å². The third-order valence-electron chi connectivity index (χ3n) is 4.13. The van der Waals surface area contributed by atoms with Crippen LogP contribution in [0.3, 0.4) is 0 Å². The lowest BCUT2D eigenvalue weighted by molar-refractivity contribution is 0.0420. The number of carbonyl (C=O) groups excluding carboxylic acids is 1. The van der Waals surface area contributed by atoms with E-state index in [2.05, 4.69) is 20.9 Å². The maximum atomic E-state index is 12.0. The highest BCUT2D eigenvalue weighted by molar-refractivity contribution is 14.0. The second kappa shape index (κ2) is 15.5. The first-order valence-corrected chi connectivity index (χ1v) is 9.84. The second-order valence-corrected chi connectivity index (χ2v) is 6.37. The fourth-order valence-electron chi connectivity index (χ4n) is 2.68. The minimum Gasteiger partial charge on any atom is -0.379 e. The number of nitrogens with zero attached hydrogens (tertiary/aromatic N) is 1. The van der Waals surface area contributed by atoms with Gasteiger partial charge in [-0.05, 0) is 38.3 Å². The minimum absolute atomic E-state index is 0. The van der Waals surface area contributed by atoms with Crippen LogP contribution in [0.15, 0.2) is 35.3 Å². The highest BCUT2D eigenvalue weighted by Crippen LogP contribution is 2.07. The van der Waals surface area contributed by atoms with E-state index in [0.717, 1.165) is 58.1 Å². The third kappa shape index (κ3) is 10.2. The first-order chi connectivity index (χ1) is 13.3. The molecule has 1 fully saturated rings. The van der Waals surface area contributed by atoms with Gasteiger partial charge in [-0.25, -0.2) is 0 Å². The summed E-state index contributed by atoms with van der Waals surface area (Å²) in [6, 6.07) is 9.24. The second-order valence-electron chi connectivity index (χ2n) is 6.37. The Morgan fingerprint density at radius 3 is 2.68 bits per heavy atom. The van der Waals surface area contributed by atoms with Crippen molar-refractivity contribution in [3.63, 3.8) is 0 Å². The van der Waals surface area contributed by atoms with Crippen LogP contribution < -0.4 is 16.0 Å². The van der Waals surface area contributed by atoms with Crippen molar-refractivity contribution < 1.29 is 14.3 Å². The monoisotopic (exact) mass is 504 g/mol. The predicted octanol–water partition coefficient (Wildman–Crippen LogP) is 2.18. The first kappa shape index (κ1) is 24.6. The zero-order chi connectivity index (χ0) is 19.2. The molecule has 28 heavy (non-hydrogen) atoms. The van der Waals surface area contributed by atoms with Gasteiger partial charge in [0.2, 0.25) is 0 Å². The number of nitrogens with one attached hydrogen (secondary N) is 3. The SMILES string of the molecule is CCNC(=NCCCNC(=O)c1ccccc1)NCCCOC1CCOC1.I. The van der Waals surface area contributed by atoms with Gasteiger partial charge >= 0.3 is 0 Å². The molecule has 1 aromatic carbocycles. The summed E-state index contributed by atoms with van der Waals surface area (Å²) in [4.78, 5) is 16.5. The zero-order valence-corrected chi connectivity index (χ0v) is 18.9. The van der Waals surface area contributed by atoms with Gasteiger partial charge in [0.1, 0.15) is 0 Å². The van der Waals surface area contributed by atoms with E-state index in [1.165, 1.54) is 0 Å². The molecule has 7 nitrogen and oxygen atoms in total. The van der Waals surface area contributed by atoms with Crippen LogP contribution in [0.25, 0.3) is 0 Å². The molecule has 0 aliphatic carbocycles. The Labute approximate surface area is 185 Å². The number of ether oxygens (including phenoxy) is 2. The summed E-state index contributed by atoms with van der Waals surface area (Å²) in [7, 11) is 0. The van der Waals surface area contributed by atoms with Crippen molar-refractivity contribution in [3.8, 4) is 0 Å². The largest absolute Gasteiger partial charge is 0.379 e. The summed E-state index contributed by atoms with van der Waals surface area (Å²) in [5.41, 5.74) is 0.683. The zero-order valence-electron chi connectivity index (χ0n) is 16.6. The van der Waals surface area contributed by atoms with Crippen LogP contribution >= 0.6 is 24.0 Å². The maximum Gasteiger partial charge on any atom is 0.251 e. The minimum atomic E-state index is -0.0442. The fourth-order valence-corrected chi connectivity index (χ4v) is 2.68. The molecular weight excluding hydrogens is 471 g/mol. The first-order valence-electron chi connectivity index (χ1n) is 9.84. The number of hydrogen-bond acceptors (Lipinski definition) is 4. The number of guanidine groups is 1. The van der Waals surface area contributed by atoms with E-state index < -0.39 is 0 Å². The molecule has 1 aliphatic heterocycles. The van der Waals surface area contributed by atoms with Crippen molar-refractivity contribution in [2.24, 2.45) is 4.99 Å². The molecule has 2 rings (SSSR count). The van der Waals surface area contributed by atoms with Crippen molar-refractivity contribution in [2.75, 3.05) is 46.0 Å². The lowest BCUT2D eigenvalue weighted by Gasteiger charge is -2.13. The van der Waals surface area contributed by atoms with Crippen LogP contribution in [0, 0.1) is 0 Å². The van der Waals surface area contributed by atoms with Crippen molar-refractivity contribution in [1.29, 1.82) is 0 Å². The van der Waals surface area contributed by atoms with Crippen molar-refractivity contribution >= 4 is 35.8 Å². The smallest absolute Gasteiger partial charge is 0.251 e. The number of benzene rings is 1. The Morgan fingerprint density at radius 2 is 1.96 bits per heavy atom. The summed E-state index contributed by atoms with van der Waals surface area (Å²) in [6.07, 6.45) is 2.98. The van der Waals surface area contributed by atoms with Crippen LogP contribution in [0.2, 0.25) is 0 Å². The number of halogens is 1. The molecule has 1 saturated heterocycles. The molecule has 1 amide bonds. The van der Waals surface area contributed by atoms with Crippen molar-refractivity contribution in [1.82, 2.24) is 16.0 Å². The molecule has 1 aliphatic rings. The number of rotatable bonds is 11. The standard InChI is InChI=1S/C20H32N4O3.HI/c1-2-21-20(24-13-7-14-27-18-10-15-26-16-18)23-12-6-11-22-19(25)17-8-4-3-5-9-17;/h3-5,8-9,18H,2,6-7,10-16H2,1H3,(H,22,25)(H2,21,23,24);1H. The molecule has 0 aromatic heterocycles. The van der Waals surface area contributed by atoms with Crippen LogP contribution in [-0.2, 0) is 9.47 Å². The highest BCUT2D eigenvalue weighted by Gasteiger charge is 2.15. The molecule has 1 unspecified atom stereocenters. The summed E-state index contributed by atoms with van der Waals surface area (Å²) >= 11 is 0. The van der Waals surface area contributed by atoms with Gasteiger partial charge in [0, 0.05) is 45.0 Å². The van der Waals surface area contributed by atoms with Crippen LogP contribution in [-0.4, -0.2) is 64.0 Å². The van der Waals surface area contributed by atoms with Gasteiger partial charge in [-0.2, -0.15) is 0 Å². The summed E-state index contributed by atoms with van der Waals surface area (Å²) in [5.74, 6) is 0.758. The van der Waals surface area contributed by atoms with E-state index in [-0.39, 0.29) is 36.0 Å². The maximum absolute atomic E-state index is 12.0. The van der Waals surface area contributed by atoms with Crippen molar-refractivity contribution in [2.45, 2.75) is 32.3 Å². The molecule has 1 aromatic rings. The predicted molar refractivity (Wildman–Crippen MR) is 123 cm³/mol. The normalized spacial score (nSPS) is 16.3. The topological polar surface area (TPSA) is 84.0 Å². The Kier molecular flexibility index (Phi) is 13.7. The van der Waals surface area contributed by atoms with Crippen LogP contribution in [0.4, 0.5) is 0 Å². The Hall–Kier alpha value is -1.39. The summed E-state index contributed by atoms with van der Waals surface area (Å²) in [6.45, 7) is 7.18. The van der Waals surface area contributed by atoms with Crippen molar-refractivity contribution in [3.05, 3.63) is 35.9 Å². The van der Waals surface area contributed by atoms with Gasteiger partial charge in [-0.1, -0.05) is 18.2 Å². The Morgan fingerprint density at radius 1 is 1.18 bits per heavy atom. The number of hydrogen-bond donors (Lipinski definition) is 3. The lowest BCUT2D eigenvalue weighted by atomic mass is 10.2. The van der Waals surface area contributed by atoms with Crippen LogP contribution in [0.1, 0.15) is 36.5 Å². The van der Waals surface area contributed by atoms with Gasteiger partial charge in [0.15, 0.2) is 5.96 Å². The van der Waals surface area contributed by atoms with E-state index in [9.17, 15) is 4.79 Å². The molecule has 158 valence electrons. The summed E-state index contributed by atoms with van der Waals surface area (Å²) < 4.78 is 11.0. The van der Waals surface area contributed by atoms with Gasteiger partial charge < -0.3 is 25.4 Å². The molecule has 0 saturated carbocycles. The number of aliphatic imine (C=N–C) groups is 1. The van der Waals surface area contributed by atoms with Gasteiger partial charge in [-0.3, -0.25) is 9.79 Å². The van der Waals surface area contributed by atoms with E-state index in [4.69, 9.17) is 9.47 Å². The molecule has 0 spiro atoms. The Balaban J connectivity index is 0.00000392. The molecule has 8 heteroatoms. The summed E-state index contributed by atoms with van der Waals surface area (Å²) in [5, 5.41) is 9.46. The van der Waals surface area contributed by atoms with Crippen LogP contribution in [0.5, 0.6) is 0 Å². The number of amides is 1. The van der Waals surface area contributed by atoms with E-state index in [1.807, 2.05) is 37.3 Å². The third-order valence-corrected chi connectivity index (χ3v) is 4.13. The molecule has 0 radical (unpaired) electrons. The molecular formula is C20H33IN4O3. The van der Waals surface area contributed by atoms with E-state index in [1.54, 1.807) is 0 Å². The quantitative estimate of drug-likeness (QED) is 0.186. The number of carbonyl (C=O) groups is 1. The highest BCUT2D eigenvalue weighted by atomic mass is 127. The molecule has 0 bridgehead atoms.